The molecule has 0 saturated heterocycles. The standard InChI is InChI=1S/C11H20N4/c1-9-13-14-11(5-3-2-4-8-12)15(9)10-6-7-10/h10H,2-8,12H2,1H3. The van der Waals surface area contributed by atoms with Crippen LogP contribution in [0, 0.1) is 6.92 Å². The molecule has 2 rings (SSSR count). The molecule has 4 nitrogen and oxygen atoms in total. The first-order valence-corrected chi connectivity index (χ1v) is 5.93. The summed E-state index contributed by atoms with van der Waals surface area (Å²) >= 11 is 0. The van der Waals surface area contributed by atoms with Crippen LogP contribution in [0.5, 0.6) is 0 Å². The Kier molecular flexibility index (Phi) is 3.36. The van der Waals surface area contributed by atoms with Gasteiger partial charge in [0.1, 0.15) is 11.6 Å². The fraction of sp³-hybridized carbons (Fsp3) is 0.818. The van der Waals surface area contributed by atoms with Crippen LogP contribution >= 0.6 is 0 Å². The van der Waals surface area contributed by atoms with Crippen LogP contribution in [0.1, 0.15) is 49.8 Å². The zero-order valence-electron chi connectivity index (χ0n) is 9.45. The summed E-state index contributed by atoms with van der Waals surface area (Å²) in [5.41, 5.74) is 5.47. The van der Waals surface area contributed by atoms with E-state index in [2.05, 4.69) is 21.7 Å². The molecule has 15 heavy (non-hydrogen) atoms. The minimum absolute atomic E-state index is 0.699. The fourth-order valence-corrected chi connectivity index (χ4v) is 2.00. The van der Waals surface area contributed by atoms with Crippen LogP contribution in [0.2, 0.25) is 0 Å². The zero-order chi connectivity index (χ0) is 10.7. The summed E-state index contributed by atoms with van der Waals surface area (Å²) in [6.45, 7) is 2.85. The van der Waals surface area contributed by atoms with E-state index in [9.17, 15) is 0 Å². The Bertz CT molecular complexity index is 314. The molecule has 0 aromatic carbocycles. The van der Waals surface area contributed by atoms with Gasteiger partial charge < -0.3 is 10.3 Å². The molecule has 1 aliphatic rings. The molecule has 1 saturated carbocycles. The van der Waals surface area contributed by atoms with Crippen molar-refractivity contribution in [3.63, 3.8) is 0 Å². The highest BCUT2D eigenvalue weighted by molar-refractivity contribution is 5.01. The fourth-order valence-electron chi connectivity index (χ4n) is 2.00. The summed E-state index contributed by atoms with van der Waals surface area (Å²) < 4.78 is 2.32. The molecule has 0 spiro atoms. The number of hydrogen-bond donors (Lipinski definition) is 1. The lowest BCUT2D eigenvalue weighted by Gasteiger charge is -2.06. The summed E-state index contributed by atoms with van der Waals surface area (Å²) in [5.74, 6) is 2.25. The van der Waals surface area contributed by atoms with Crippen molar-refractivity contribution in [2.75, 3.05) is 6.54 Å². The first-order chi connectivity index (χ1) is 7.33. The maximum Gasteiger partial charge on any atom is 0.133 e. The van der Waals surface area contributed by atoms with E-state index in [4.69, 9.17) is 5.73 Å². The second-order valence-electron chi connectivity index (χ2n) is 4.36. The van der Waals surface area contributed by atoms with E-state index < -0.39 is 0 Å². The van der Waals surface area contributed by atoms with Crippen molar-refractivity contribution in [3.8, 4) is 0 Å². The van der Waals surface area contributed by atoms with Gasteiger partial charge in [-0.15, -0.1) is 10.2 Å². The smallest absolute Gasteiger partial charge is 0.133 e. The number of unbranched alkanes of at least 4 members (excludes halogenated alkanes) is 2. The summed E-state index contributed by atoms with van der Waals surface area (Å²) in [6.07, 6.45) is 7.16. The molecule has 84 valence electrons. The zero-order valence-corrected chi connectivity index (χ0v) is 9.45. The molecule has 1 aliphatic carbocycles. The topological polar surface area (TPSA) is 56.7 Å². The van der Waals surface area contributed by atoms with Crippen molar-refractivity contribution in [1.82, 2.24) is 14.8 Å². The SMILES string of the molecule is Cc1nnc(CCCCCN)n1C1CC1. The van der Waals surface area contributed by atoms with Crippen molar-refractivity contribution in [3.05, 3.63) is 11.6 Å². The Labute approximate surface area is 90.9 Å². The Morgan fingerprint density at radius 1 is 1.27 bits per heavy atom. The summed E-state index contributed by atoms with van der Waals surface area (Å²) in [4.78, 5) is 0. The van der Waals surface area contributed by atoms with E-state index in [-0.39, 0.29) is 0 Å². The van der Waals surface area contributed by atoms with Gasteiger partial charge in [0.2, 0.25) is 0 Å². The van der Waals surface area contributed by atoms with Crippen molar-refractivity contribution in [1.29, 1.82) is 0 Å². The van der Waals surface area contributed by atoms with Gasteiger partial charge in [-0.2, -0.15) is 0 Å². The summed E-state index contributed by atoms with van der Waals surface area (Å²) in [7, 11) is 0. The number of nitrogens with two attached hydrogens (primary N) is 1. The minimum Gasteiger partial charge on any atom is -0.330 e. The van der Waals surface area contributed by atoms with E-state index in [1.165, 1.54) is 31.5 Å². The minimum atomic E-state index is 0.699. The van der Waals surface area contributed by atoms with Gasteiger partial charge in [0, 0.05) is 12.5 Å². The van der Waals surface area contributed by atoms with Gasteiger partial charge in [0.25, 0.3) is 0 Å². The van der Waals surface area contributed by atoms with Gasteiger partial charge in [0.05, 0.1) is 0 Å². The molecule has 0 unspecified atom stereocenters. The highest BCUT2D eigenvalue weighted by Crippen LogP contribution is 2.36. The Balaban J connectivity index is 1.90. The third-order valence-corrected chi connectivity index (χ3v) is 2.95. The average Bonchev–Trinajstić information content (AvgIpc) is 2.99. The molecule has 0 amide bonds. The van der Waals surface area contributed by atoms with E-state index in [1.807, 2.05) is 0 Å². The highest BCUT2D eigenvalue weighted by atomic mass is 15.3. The molecule has 1 fully saturated rings. The van der Waals surface area contributed by atoms with Gasteiger partial charge in [-0.25, -0.2) is 0 Å². The van der Waals surface area contributed by atoms with Crippen LogP contribution in [0.15, 0.2) is 0 Å². The van der Waals surface area contributed by atoms with Crippen LogP contribution < -0.4 is 5.73 Å². The molecule has 1 aromatic rings. The Morgan fingerprint density at radius 3 is 2.73 bits per heavy atom. The predicted octanol–water partition coefficient (Wildman–Crippen LogP) is 1.59. The monoisotopic (exact) mass is 208 g/mol. The summed E-state index contributed by atoms with van der Waals surface area (Å²) in [6, 6.07) is 0.699. The second-order valence-corrected chi connectivity index (χ2v) is 4.36. The molecular weight excluding hydrogens is 188 g/mol. The van der Waals surface area contributed by atoms with Crippen LogP contribution in [0.4, 0.5) is 0 Å². The van der Waals surface area contributed by atoms with Gasteiger partial charge in [-0.05, 0) is 39.2 Å². The third kappa shape index (κ3) is 2.56. The number of nitrogens with zero attached hydrogens (tertiary/aromatic N) is 3. The maximum absolute atomic E-state index is 5.47. The Hall–Kier alpha value is -0.900. The van der Waals surface area contributed by atoms with Gasteiger partial charge in [-0.3, -0.25) is 0 Å². The van der Waals surface area contributed by atoms with Crippen molar-refractivity contribution >= 4 is 0 Å². The highest BCUT2D eigenvalue weighted by Gasteiger charge is 2.27. The molecule has 0 atom stereocenters. The maximum atomic E-state index is 5.47. The number of rotatable bonds is 6. The largest absolute Gasteiger partial charge is 0.330 e. The molecule has 1 heterocycles. The Morgan fingerprint density at radius 2 is 2.07 bits per heavy atom. The van der Waals surface area contributed by atoms with Gasteiger partial charge in [0.15, 0.2) is 0 Å². The number of aromatic nitrogens is 3. The average molecular weight is 208 g/mol. The van der Waals surface area contributed by atoms with E-state index >= 15 is 0 Å². The van der Waals surface area contributed by atoms with Gasteiger partial charge in [-0.1, -0.05) is 6.42 Å². The lowest BCUT2D eigenvalue weighted by atomic mass is 10.2. The predicted molar refractivity (Wildman–Crippen MR) is 59.6 cm³/mol. The molecular formula is C11H20N4. The van der Waals surface area contributed by atoms with E-state index in [0.29, 0.717) is 6.04 Å². The molecule has 4 heteroatoms. The van der Waals surface area contributed by atoms with Crippen LogP contribution in [0.25, 0.3) is 0 Å². The lowest BCUT2D eigenvalue weighted by Crippen LogP contribution is -2.04. The molecule has 2 N–H and O–H groups in total. The van der Waals surface area contributed by atoms with Crippen molar-refractivity contribution < 1.29 is 0 Å². The number of hydrogen-bond acceptors (Lipinski definition) is 3. The van der Waals surface area contributed by atoms with Crippen molar-refractivity contribution in [2.24, 2.45) is 5.73 Å². The van der Waals surface area contributed by atoms with Crippen LogP contribution in [0.3, 0.4) is 0 Å². The third-order valence-electron chi connectivity index (χ3n) is 2.95. The van der Waals surface area contributed by atoms with Crippen molar-refractivity contribution in [2.45, 2.75) is 51.5 Å². The second kappa shape index (κ2) is 4.75. The molecule has 0 radical (unpaired) electrons. The molecule has 0 bridgehead atoms. The first kappa shape index (κ1) is 10.6. The van der Waals surface area contributed by atoms with Crippen LogP contribution in [-0.2, 0) is 6.42 Å². The van der Waals surface area contributed by atoms with Gasteiger partial charge >= 0.3 is 0 Å². The summed E-state index contributed by atoms with van der Waals surface area (Å²) in [5, 5.41) is 8.42. The quantitative estimate of drug-likeness (QED) is 0.722. The lowest BCUT2D eigenvalue weighted by molar-refractivity contribution is 0.615. The van der Waals surface area contributed by atoms with E-state index in [1.54, 1.807) is 0 Å². The van der Waals surface area contributed by atoms with Crippen LogP contribution in [-0.4, -0.2) is 21.3 Å². The normalized spacial score (nSPS) is 15.9. The molecule has 1 aromatic heterocycles. The molecule has 0 aliphatic heterocycles. The number of aryl methyl sites for hydroxylation is 2. The van der Waals surface area contributed by atoms with E-state index in [0.717, 1.165) is 25.2 Å². The first-order valence-electron chi connectivity index (χ1n) is 5.93.